The van der Waals surface area contributed by atoms with Crippen LogP contribution in [-0.2, 0) is 0 Å². The molecule has 2 N–H and O–H groups in total. The van der Waals surface area contributed by atoms with Crippen molar-refractivity contribution in [1.29, 1.82) is 0 Å². The van der Waals surface area contributed by atoms with E-state index in [-0.39, 0.29) is 18.5 Å². The molecule has 0 aromatic heterocycles. The quantitative estimate of drug-likeness (QED) is 0.811. The van der Waals surface area contributed by atoms with Gasteiger partial charge in [0.05, 0.1) is 0 Å². The molecule has 0 bridgehead atoms. The van der Waals surface area contributed by atoms with Gasteiger partial charge in [-0.05, 0) is 50.8 Å². The predicted molar refractivity (Wildman–Crippen MR) is 85.1 cm³/mol. The summed E-state index contributed by atoms with van der Waals surface area (Å²) in [6.07, 6.45) is 2.95. The van der Waals surface area contributed by atoms with Crippen LogP contribution in [0.4, 0.5) is 10.1 Å². The summed E-state index contributed by atoms with van der Waals surface area (Å²) in [7, 11) is 0. The van der Waals surface area contributed by atoms with E-state index < -0.39 is 0 Å². The molecule has 2 atom stereocenters. The second-order valence-corrected chi connectivity index (χ2v) is 5.96. The van der Waals surface area contributed by atoms with Crippen LogP contribution in [0, 0.1) is 11.7 Å². The summed E-state index contributed by atoms with van der Waals surface area (Å²) < 4.78 is 14.3. The van der Waals surface area contributed by atoms with Crippen molar-refractivity contribution in [3.8, 4) is 0 Å². The number of halogens is 1. The van der Waals surface area contributed by atoms with Crippen molar-refractivity contribution in [1.82, 2.24) is 5.32 Å². The number of rotatable bonds is 7. The van der Waals surface area contributed by atoms with Gasteiger partial charge in [0.1, 0.15) is 5.82 Å². The van der Waals surface area contributed by atoms with E-state index in [0.717, 1.165) is 50.1 Å². The molecule has 0 saturated carbocycles. The topological polar surface area (TPSA) is 35.5 Å². The van der Waals surface area contributed by atoms with Gasteiger partial charge in [0.25, 0.3) is 0 Å². The SMILES string of the molecule is CCCNC(C)c1c(F)cccc1N1CCC(CCO)C1. The highest BCUT2D eigenvalue weighted by molar-refractivity contribution is 5.56. The standard InChI is InChI=1S/C17H27FN2O/c1-3-9-19-13(2)17-15(18)5-4-6-16(17)20-10-7-14(12-20)8-11-21/h4-6,13-14,19,21H,3,7-12H2,1-2H3. The Balaban J connectivity index is 2.17. The second-order valence-electron chi connectivity index (χ2n) is 5.96. The number of nitrogens with zero attached hydrogens (tertiary/aromatic N) is 1. The van der Waals surface area contributed by atoms with E-state index in [9.17, 15) is 4.39 Å². The van der Waals surface area contributed by atoms with Crippen LogP contribution in [0.5, 0.6) is 0 Å². The number of hydrogen-bond donors (Lipinski definition) is 2. The number of anilines is 1. The minimum absolute atomic E-state index is 0.0121. The van der Waals surface area contributed by atoms with E-state index in [1.807, 2.05) is 13.0 Å². The maximum Gasteiger partial charge on any atom is 0.130 e. The monoisotopic (exact) mass is 294 g/mol. The molecule has 1 aliphatic heterocycles. The smallest absolute Gasteiger partial charge is 0.130 e. The molecule has 0 spiro atoms. The Hall–Kier alpha value is -1.13. The van der Waals surface area contributed by atoms with E-state index in [1.165, 1.54) is 0 Å². The first-order valence-electron chi connectivity index (χ1n) is 8.05. The Morgan fingerprint density at radius 1 is 1.48 bits per heavy atom. The molecular weight excluding hydrogens is 267 g/mol. The molecule has 1 aliphatic rings. The van der Waals surface area contributed by atoms with Crippen LogP contribution in [0.25, 0.3) is 0 Å². The lowest BCUT2D eigenvalue weighted by Crippen LogP contribution is -2.26. The number of hydrogen-bond acceptors (Lipinski definition) is 3. The maximum absolute atomic E-state index is 14.3. The Morgan fingerprint density at radius 3 is 3.00 bits per heavy atom. The molecule has 1 heterocycles. The molecule has 0 aliphatic carbocycles. The van der Waals surface area contributed by atoms with Crippen LogP contribution >= 0.6 is 0 Å². The third-order valence-corrected chi connectivity index (χ3v) is 4.33. The lowest BCUT2D eigenvalue weighted by molar-refractivity contribution is 0.263. The Labute approximate surface area is 127 Å². The van der Waals surface area contributed by atoms with Crippen molar-refractivity contribution in [2.75, 3.05) is 31.1 Å². The third kappa shape index (κ3) is 3.95. The lowest BCUT2D eigenvalue weighted by Gasteiger charge is -2.26. The van der Waals surface area contributed by atoms with Crippen molar-refractivity contribution in [2.24, 2.45) is 5.92 Å². The summed E-state index contributed by atoms with van der Waals surface area (Å²) in [6.45, 7) is 7.13. The van der Waals surface area contributed by atoms with Gasteiger partial charge in [-0.15, -0.1) is 0 Å². The molecule has 1 fully saturated rings. The Bertz CT molecular complexity index is 452. The van der Waals surface area contributed by atoms with Crippen molar-refractivity contribution >= 4 is 5.69 Å². The summed E-state index contributed by atoms with van der Waals surface area (Å²) in [5, 5.41) is 12.5. The summed E-state index contributed by atoms with van der Waals surface area (Å²) in [4.78, 5) is 2.27. The first-order chi connectivity index (χ1) is 10.2. The van der Waals surface area contributed by atoms with Gasteiger partial charge in [0.2, 0.25) is 0 Å². The highest BCUT2D eigenvalue weighted by Gasteiger charge is 2.26. The van der Waals surface area contributed by atoms with Crippen LogP contribution in [-0.4, -0.2) is 31.3 Å². The molecule has 1 saturated heterocycles. The van der Waals surface area contributed by atoms with Crippen LogP contribution in [0.3, 0.4) is 0 Å². The van der Waals surface area contributed by atoms with Crippen molar-refractivity contribution in [3.63, 3.8) is 0 Å². The minimum Gasteiger partial charge on any atom is -0.396 e. The molecule has 2 rings (SSSR count). The van der Waals surface area contributed by atoms with E-state index >= 15 is 0 Å². The number of aliphatic hydroxyl groups excluding tert-OH is 1. The second kappa shape index (κ2) is 7.76. The average molecular weight is 294 g/mol. The molecule has 0 amide bonds. The van der Waals surface area contributed by atoms with Crippen LogP contribution in [0.1, 0.15) is 44.7 Å². The van der Waals surface area contributed by atoms with Gasteiger partial charge in [-0.1, -0.05) is 13.0 Å². The zero-order valence-electron chi connectivity index (χ0n) is 13.1. The molecule has 1 aromatic carbocycles. The van der Waals surface area contributed by atoms with Crippen LogP contribution in [0.2, 0.25) is 0 Å². The van der Waals surface area contributed by atoms with Gasteiger partial charge in [-0.3, -0.25) is 0 Å². The van der Waals surface area contributed by atoms with Crippen LogP contribution < -0.4 is 10.2 Å². The van der Waals surface area contributed by atoms with Crippen molar-refractivity contribution in [2.45, 2.75) is 39.2 Å². The normalized spacial score (nSPS) is 20.0. The number of benzene rings is 1. The fourth-order valence-electron chi connectivity index (χ4n) is 3.16. The molecule has 118 valence electrons. The molecule has 0 radical (unpaired) electrons. The van der Waals surface area contributed by atoms with E-state index in [0.29, 0.717) is 5.92 Å². The number of aliphatic hydroxyl groups is 1. The molecular formula is C17H27FN2O. The third-order valence-electron chi connectivity index (χ3n) is 4.33. The zero-order valence-corrected chi connectivity index (χ0v) is 13.1. The van der Waals surface area contributed by atoms with Crippen molar-refractivity contribution < 1.29 is 9.50 Å². The van der Waals surface area contributed by atoms with Gasteiger partial charge < -0.3 is 15.3 Å². The first-order valence-corrected chi connectivity index (χ1v) is 8.05. The fourth-order valence-corrected chi connectivity index (χ4v) is 3.16. The first kappa shape index (κ1) is 16.2. The van der Waals surface area contributed by atoms with E-state index in [2.05, 4.69) is 17.1 Å². The fraction of sp³-hybridized carbons (Fsp3) is 0.647. The molecule has 4 heteroatoms. The van der Waals surface area contributed by atoms with Gasteiger partial charge >= 0.3 is 0 Å². The van der Waals surface area contributed by atoms with Gasteiger partial charge in [-0.2, -0.15) is 0 Å². The molecule has 3 nitrogen and oxygen atoms in total. The Kier molecular flexibility index (Phi) is 6.00. The van der Waals surface area contributed by atoms with Crippen molar-refractivity contribution in [3.05, 3.63) is 29.6 Å². The van der Waals surface area contributed by atoms with Gasteiger partial charge in [-0.25, -0.2) is 4.39 Å². The zero-order chi connectivity index (χ0) is 15.2. The van der Waals surface area contributed by atoms with E-state index in [1.54, 1.807) is 12.1 Å². The molecule has 1 aromatic rings. The predicted octanol–water partition coefficient (Wildman–Crippen LogP) is 3.10. The number of nitrogens with one attached hydrogen (secondary N) is 1. The molecule has 2 unspecified atom stereocenters. The minimum atomic E-state index is -0.130. The largest absolute Gasteiger partial charge is 0.396 e. The Morgan fingerprint density at radius 2 is 2.29 bits per heavy atom. The van der Waals surface area contributed by atoms with E-state index in [4.69, 9.17) is 5.11 Å². The van der Waals surface area contributed by atoms with Gasteiger partial charge in [0, 0.05) is 37.0 Å². The maximum atomic E-state index is 14.3. The highest BCUT2D eigenvalue weighted by atomic mass is 19.1. The average Bonchev–Trinajstić information content (AvgIpc) is 2.93. The van der Waals surface area contributed by atoms with Gasteiger partial charge in [0.15, 0.2) is 0 Å². The summed E-state index contributed by atoms with van der Waals surface area (Å²) >= 11 is 0. The lowest BCUT2D eigenvalue weighted by atomic mass is 10.0. The summed E-state index contributed by atoms with van der Waals surface area (Å²) in [5.74, 6) is 0.388. The molecule has 21 heavy (non-hydrogen) atoms. The highest BCUT2D eigenvalue weighted by Crippen LogP contribution is 2.33. The van der Waals surface area contributed by atoms with Crippen LogP contribution in [0.15, 0.2) is 18.2 Å². The summed E-state index contributed by atoms with van der Waals surface area (Å²) in [5.41, 5.74) is 1.78. The summed E-state index contributed by atoms with van der Waals surface area (Å²) in [6, 6.07) is 5.37.